The number of ether oxygens (including phenoxy) is 1. The molecule has 1 aliphatic heterocycles. The molecule has 1 aromatic carbocycles. The Morgan fingerprint density at radius 3 is 3.06 bits per heavy atom. The van der Waals surface area contributed by atoms with Crippen LogP contribution in [0.5, 0.6) is 5.75 Å². The van der Waals surface area contributed by atoms with Crippen molar-refractivity contribution in [1.82, 2.24) is 5.32 Å². The summed E-state index contributed by atoms with van der Waals surface area (Å²) in [5.41, 5.74) is 1.03. The van der Waals surface area contributed by atoms with E-state index in [-0.39, 0.29) is 11.9 Å². The second kappa shape index (κ2) is 4.74. The van der Waals surface area contributed by atoms with Crippen molar-refractivity contribution in [2.75, 3.05) is 6.61 Å². The van der Waals surface area contributed by atoms with Gasteiger partial charge < -0.3 is 10.1 Å². The number of hydrogen-bond acceptors (Lipinski definition) is 2. The fourth-order valence-electron chi connectivity index (χ4n) is 1.78. The Bertz CT molecular complexity index is 392. The van der Waals surface area contributed by atoms with Gasteiger partial charge in [-0.3, -0.25) is 4.79 Å². The topological polar surface area (TPSA) is 38.3 Å². The molecule has 2 rings (SSSR count). The van der Waals surface area contributed by atoms with Gasteiger partial charge in [0.1, 0.15) is 11.1 Å². The molecule has 86 valence electrons. The predicted octanol–water partition coefficient (Wildman–Crippen LogP) is 2.25. The van der Waals surface area contributed by atoms with Crippen LogP contribution in [0.1, 0.15) is 24.9 Å². The minimum Gasteiger partial charge on any atom is -0.493 e. The second-order valence-corrected chi connectivity index (χ2v) is 4.51. The third-order valence-electron chi connectivity index (χ3n) is 2.64. The number of alkyl halides is 1. The van der Waals surface area contributed by atoms with Crippen LogP contribution in [0.3, 0.4) is 0 Å². The van der Waals surface area contributed by atoms with Gasteiger partial charge in [0.2, 0.25) is 5.91 Å². The Morgan fingerprint density at radius 2 is 2.31 bits per heavy atom. The Morgan fingerprint density at radius 1 is 1.56 bits per heavy atom. The number of benzene rings is 1. The molecule has 0 radical (unpaired) electrons. The summed E-state index contributed by atoms with van der Waals surface area (Å²) in [6, 6.07) is 7.76. The summed E-state index contributed by atoms with van der Waals surface area (Å²) in [6.45, 7) is 2.29. The van der Waals surface area contributed by atoms with Crippen molar-refractivity contribution >= 4 is 17.5 Å². The number of para-hydroxylation sites is 1. The largest absolute Gasteiger partial charge is 0.493 e. The van der Waals surface area contributed by atoms with Crippen molar-refractivity contribution < 1.29 is 9.53 Å². The molecular formula is C12H14ClNO2. The summed E-state index contributed by atoms with van der Waals surface area (Å²) in [4.78, 5) is 11.5. The van der Waals surface area contributed by atoms with Crippen molar-refractivity contribution in [3.05, 3.63) is 29.8 Å². The fraction of sp³-hybridized carbons (Fsp3) is 0.417. The number of nitrogens with one attached hydrogen (secondary N) is 1. The Labute approximate surface area is 99.7 Å². The minimum absolute atomic E-state index is 0.0126. The molecule has 1 N–H and O–H groups in total. The maximum atomic E-state index is 11.5. The van der Waals surface area contributed by atoms with E-state index in [0.717, 1.165) is 17.7 Å². The monoisotopic (exact) mass is 239 g/mol. The van der Waals surface area contributed by atoms with E-state index in [1.165, 1.54) is 0 Å². The van der Waals surface area contributed by atoms with Gasteiger partial charge in [-0.15, -0.1) is 11.6 Å². The standard InChI is InChI=1S/C12H14ClNO2/c1-8(13)12(15)14-10-6-7-16-11-5-3-2-4-9(10)11/h2-5,8,10H,6-7H2,1H3,(H,14,15). The number of amides is 1. The molecule has 2 unspecified atom stereocenters. The molecule has 2 atom stereocenters. The number of hydrogen-bond donors (Lipinski definition) is 1. The van der Waals surface area contributed by atoms with Crippen molar-refractivity contribution in [1.29, 1.82) is 0 Å². The van der Waals surface area contributed by atoms with E-state index in [0.29, 0.717) is 6.61 Å². The first-order chi connectivity index (χ1) is 7.68. The molecule has 4 heteroatoms. The summed E-state index contributed by atoms with van der Waals surface area (Å²) in [7, 11) is 0. The average molecular weight is 240 g/mol. The Kier molecular flexibility index (Phi) is 3.34. The molecule has 3 nitrogen and oxygen atoms in total. The van der Waals surface area contributed by atoms with Gasteiger partial charge in [0.25, 0.3) is 0 Å². The van der Waals surface area contributed by atoms with Crippen molar-refractivity contribution in [3.63, 3.8) is 0 Å². The van der Waals surface area contributed by atoms with E-state index in [1.54, 1.807) is 6.92 Å². The maximum Gasteiger partial charge on any atom is 0.238 e. The molecule has 0 fully saturated rings. The van der Waals surface area contributed by atoms with Gasteiger partial charge in [-0.1, -0.05) is 18.2 Å². The molecule has 0 saturated carbocycles. The highest BCUT2D eigenvalue weighted by molar-refractivity contribution is 6.30. The maximum absolute atomic E-state index is 11.5. The average Bonchev–Trinajstić information content (AvgIpc) is 2.29. The molecule has 0 spiro atoms. The first-order valence-corrected chi connectivity index (χ1v) is 5.78. The fourth-order valence-corrected chi connectivity index (χ4v) is 1.84. The zero-order valence-electron chi connectivity index (χ0n) is 9.07. The quantitative estimate of drug-likeness (QED) is 0.804. The van der Waals surface area contributed by atoms with Crippen LogP contribution in [0.4, 0.5) is 0 Å². The zero-order chi connectivity index (χ0) is 11.5. The molecule has 1 heterocycles. The van der Waals surface area contributed by atoms with E-state index in [1.807, 2.05) is 24.3 Å². The van der Waals surface area contributed by atoms with Gasteiger partial charge in [-0.2, -0.15) is 0 Å². The predicted molar refractivity (Wildman–Crippen MR) is 62.8 cm³/mol. The van der Waals surface area contributed by atoms with Crippen LogP contribution in [0.15, 0.2) is 24.3 Å². The SMILES string of the molecule is CC(Cl)C(=O)NC1CCOc2ccccc21. The van der Waals surface area contributed by atoms with Gasteiger partial charge >= 0.3 is 0 Å². The molecule has 0 bridgehead atoms. The summed E-state index contributed by atoms with van der Waals surface area (Å²) < 4.78 is 5.51. The van der Waals surface area contributed by atoms with Crippen LogP contribution in [-0.2, 0) is 4.79 Å². The molecule has 0 aromatic heterocycles. The first-order valence-electron chi connectivity index (χ1n) is 5.34. The summed E-state index contributed by atoms with van der Waals surface area (Å²) in [6.07, 6.45) is 0.784. The van der Waals surface area contributed by atoms with E-state index < -0.39 is 5.38 Å². The van der Waals surface area contributed by atoms with E-state index in [4.69, 9.17) is 16.3 Å². The van der Waals surface area contributed by atoms with E-state index in [2.05, 4.69) is 5.32 Å². The number of halogens is 1. The summed E-state index contributed by atoms with van der Waals surface area (Å²) >= 11 is 5.73. The number of carbonyl (C=O) groups is 1. The third-order valence-corrected chi connectivity index (χ3v) is 2.83. The van der Waals surface area contributed by atoms with Crippen LogP contribution < -0.4 is 10.1 Å². The second-order valence-electron chi connectivity index (χ2n) is 3.85. The lowest BCUT2D eigenvalue weighted by Gasteiger charge is -2.26. The third kappa shape index (κ3) is 2.30. The van der Waals surface area contributed by atoms with Gasteiger partial charge in [-0.05, 0) is 13.0 Å². The number of rotatable bonds is 2. The molecule has 0 saturated heterocycles. The van der Waals surface area contributed by atoms with Crippen molar-refractivity contribution in [2.24, 2.45) is 0 Å². The van der Waals surface area contributed by atoms with E-state index in [9.17, 15) is 4.79 Å². The molecular weight excluding hydrogens is 226 g/mol. The van der Waals surface area contributed by atoms with Gasteiger partial charge in [-0.25, -0.2) is 0 Å². The normalized spacial score (nSPS) is 20.5. The lowest BCUT2D eigenvalue weighted by molar-refractivity contribution is -0.121. The Hall–Kier alpha value is -1.22. The highest BCUT2D eigenvalue weighted by Crippen LogP contribution is 2.31. The van der Waals surface area contributed by atoms with Gasteiger partial charge in [0.05, 0.1) is 12.6 Å². The van der Waals surface area contributed by atoms with Crippen LogP contribution in [0.25, 0.3) is 0 Å². The van der Waals surface area contributed by atoms with Gasteiger partial charge in [0.15, 0.2) is 0 Å². The van der Waals surface area contributed by atoms with Crippen LogP contribution in [0.2, 0.25) is 0 Å². The summed E-state index contributed by atoms with van der Waals surface area (Å²) in [5.74, 6) is 0.713. The van der Waals surface area contributed by atoms with Gasteiger partial charge in [0, 0.05) is 12.0 Å². The minimum atomic E-state index is -0.505. The highest BCUT2D eigenvalue weighted by atomic mass is 35.5. The lowest BCUT2D eigenvalue weighted by Crippen LogP contribution is -2.35. The molecule has 1 aliphatic rings. The van der Waals surface area contributed by atoms with Crippen molar-refractivity contribution in [2.45, 2.75) is 24.8 Å². The lowest BCUT2D eigenvalue weighted by atomic mass is 10.0. The molecule has 1 amide bonds. The van der Waals surface area contributed by atoms with E-state index >= 15 is 0 Å². The highest BCUT2D eigenvalue weighted by Gasteiger charge is 2.23. The molecule has 1 aromatic rings. The molecule has 16 heavy (non-hydrogen) atoms. The molecule has 0 aliphatic carbocycles. The van der Waals surface area contributed by atoms with Crippen LogP contribution >= 0.6 is 11.6 Å². The smallest absolute Gasteiger partial charge is 0.238 e. The zero-order valence-corrected chi connectivity index (χ0v) is 9.83. The summed E-state index contributed by atoms with van der Waals surface area (Å²) in [5, 5.41) is 2.42. The van der Waals surface area contributed by atoms with Crippen LogP contribution in [-0.4, -0.2) is 17.9 Å². The number of carbonyl (C=O) groups excluding carboxylic acids is 1. The Balaban J connectivity index is 2.16. The first kappa shape index (κ1) is 11.3. The number of fused-ring (bicyclic) bond motifs is 1. The van der Waals surface area contributed by atoms with Crippen LogP contribution in [0, 0.1) is 0 Å². The van der Waals surface area contributed by atoms with Crippen molar-refractivity contribution in [3.8, 4) is 5.75 Å².